The summed E-state index contributed by atoms with van der Waals surface area (Å²) >= 11 is 0. The molecule has 1 heterocycles. The van der Waals surface area contributed by atoms with E-state index in [2.05, 4.69) is 24.1 Å². The Morgan fingerprint density at radius 1 is 1.29 bits per heavy atom. The number of nitrogens with zero attached hydrogens (tertiary/aromatic N) is 1. The second kappa shape index (κ2) is 6.72. The Bertz CT molecular complexity index is 216. The van der Waals surface area contributed by atoms with Crippen LogP contribution in [-0.2, 0) is 4.74 Å². The van der Waals surface area contributed by atoms with E-state index in [1.54, 1.807) is 0 Å². The van der Waals surface area contributed by atoms with Gasteiger partial charge in [0.05, 0.1) is 13.2 Å². The molecule has 1 saturated heterocycles. The highest BCUT2D eigenvalue weighted by Crippen LogP contribution is 2.28. The molecule has 1 aliphatic heterocycles. The maximum atomic E-state index is 5.39. The van der Waals surface area contributed by atoms with Crippen LogP contribution in [-0.4, -0.2) is 49.8 Å². The minimum absolute atomic E-state index is 0.616. The van der Waals surface area contributed by atoms with Crippen LogP contribution in [0.4, 0.5) is 0 Å². The number of hydrogen-bond acceptors (Lipinski definition) is 3. The van der Waals surface area contributed by atoms with Gasteiger partial charge < -0.3 is 10.1 Å². The number of hydrogen-bond donors (Lipinski definition) is 1. The highest BCUT2D eigenvalue weighted by atomic mass is 16.5. The molecule has 1 N–H and O–H groups in total. The van der Waals surface area contributed by atoms with E-state index < -0.39 is 0 Å². The molecule has 100 valence electrons. The average molecular weight is 240 g/mol. The average Bonchev–Trinajstić information content (AvgIpc) is 2.77. The highest BCUT2D eigenvalue weighted by molar-refractivity contribution is 4.85. The predicted octanol–water partition coefficient (Wildman–Crippen LogP) is 1.88. The summed E-state index contributed by atoms with van der Waals surface area (Å²) in [5.74, 6) is 0.919. The molecule has 0 radical (unpaired) electrons. The van der Waals surface area contributed by atoms with Crippen molar-refractivity contribution in [3.8, 4) is 0 Å². The maximum absolute atomic E-state index is 5.39. The van der Waals surface area contributed by atoms with Gasteiger partial charge in [0.2, 0.25) is 0 Å². The molecule has 17 heavy (non-hydrogen) atoms. The molecular formula is C14H28N2O. The van der Waals surface area contributed by atoms with Crippen LogP contribution in [0.3, 0.4) is 0 Å². The lowest BCUT2D eigenvalue weighted by Gasteiger charge is -2.31. The molecule has 0 aromatic carbocycles. The molecule has 0 aromatic heterocycles. The van der Waals surface area contributed by atoms with Crippen molar-refractivity contribution in [2.75, 3.05) is 32.8 Å². The zero-order valence-electron chi connectivity index (χ0n) is 11.5. The summed E-state index contributed by atoms with van der Waals surface area (Å²) in [4.78, 5) is 2.52. The van der Waals surface area contributed by atoms with Crippen LogP contribution < -0.4 is 5.32 Å². The molecule has 1 aliphatic carbocycles. The standard InChI is InChI=1S/C14H28N2O/c1-3-13-5-4-6-14(13)15-12(2)11-16-7-9-17-10-8-16/h12-15H,3-11H2,1-2H3. The smallest absolute Gasteiger partial charge is 0.0594 e. The fourth-order valence-corrected chi connectivity index (χ4v) is 3.33. The van der Waals surface area contributed by atoms with Crippen LogP contribution in [0.2, 0.25) is 0 Å². The zero-order chi connectivity index (χ0) is 12.1. The van der Waals surface area contributed by atoms with Crippen molar-refractivity contribution in [3.63, 3.8) is 0 Å². The molecule has 3 unspecified atom stereocenters. The summed E-state index contributed by atoms with van der Waals surface area (Å²) in [6.45, 7) is 9.87. The van der Waals surface area contributed by atoms with Gasteiger partial charge in [-0.2, -0.15) is 0 Å². The molecule has 3 heteroatoms. The molecule has 0 spiro atoms. The largest absolute Gasteiger partial charge is 0.379 e. The van der Waals surface area contributed by atoms with Gasteiger partial charge in [-0.15, -0.1) is 0 Å². The zero-order valence-corrected chi connectivity index (χ0v) is 11.5. The molecule has 2 fully saturated rings. The van der Waals surface area contributed by atoms with Crippen molar-refractivity contribution < 1.29 is 4.74 Å². The summed E-state index contributed by atoms with van der Waals surface area (Å²) in [6, 6.07) is 1.39. The van der Waals surface area contributed by atoms with Crippen LogP contribution in [0.25, 0.3) is 0 Å². The van der Waals surface area contributed by atoms with Crippen molar-refractivity contribution in [1.29, 1.82) is 0 Å². The van der Waals surface area contributed by atoms with Crippen molar-refractivity contribution in [2.45, 2.75) is 51.6 Å². The van der Waals surface area contributed by atoms with Crippen molar-refractivity contribution in [3.05, 3.63) is 0 Å². The molecular weight excluding hydrogens is 212 g/mol. The van der Waals surface area contributed by atoms with E-state index in [-0.39, 0.29) is 0 Å². The van der Waals surface area contributed by atoms with Crippen molar-refractivity contribution >= 4 is 0 Å². The summed E-state index contributed by atoms with van der Waals surface area (Å²) in [7, 11) is 0. The molecule has 1 saturated carbocycles. The lowest BCUT2D eigenvalue weighted by Crippen LogP contribution is -2.48. The van der Waals surface area contributed by atoms with E-state index in [4.69, 9.17) is 4.74 Å². The second-order valence-electron chi connectivity index (χ2n) is 5.69. The van der Waals surface area contributed by atoms with Crippen LogP contribution >= 0.6 is 0 Å². The van der Waals surface area contributed by atoms with Gasteiger partial charge in [-0.05, 0) is 25.7 Å². The van der Waals surface area contributed by atoms with Crippen LogP contribution in [0.1, 0.15) is 39.5 Å². The first-order valence-electron chi connectivity index (χ1n) is 7.35. The monoisotopic (exact) mass is 240 g/mol. The Morgan fingerprint density at radius 3 is 2.76 bits per heavy atom. The molecule has 0 amide bonds. The van der Waals surface area contributed by atoms with E-state index in [1.165, 1.54) is 32.2 Å². The van der Waals surface area contributed by atoms with Gasteiger partial charge in [0.1, 0.15) is 0 Å². The molecule has 0 aromatic rings. The normalized spacial score (nSPS) is 32.8. The molecule has 3 atom stereocenters. The Morgan fingerprint density at radius 2 is 2.06 bits per heavy atom. The second-order valence-corrected chi connectivity index (χ2v) is 5.69. The van der Waals surface area contributed by atoms with Gasteiger partial charge in [0.15, 0.2) is 0 Å². The Balaban J connectivity index is 1.70. The SMILES string of the molecule is CCC1CCCC1NC(C)CN1CCOCC1. The highest BCUT2D eigenvalue weighted by Gasteiger charge is 2.27. The fourth-order valence-electron chi connectivity index (χ4n) is 3.33. The molecule has 2 rings (SSSR count). The van der Waals surface area contributed by atoms with Gasteiger partial charge in [0, 0.05) is 31.7 Å². The molecule has 0 bridgehead atoms. The first-order chi connectivity index (χ1) is 8.29. The first-order valence-corrected chi connectivity index (χ1v) is 7.35. The van der Waals surface area contributed by atoms with E-state index in [0.717, 1.165) is 38.3 Å². The van der Waals surface area contributed by atoms with Crippen LogP contribution in [0.5, 0.6) is 0 Å². The van der Waals surface area contributed by atoms with Gasteiger partial charge in [0.25, 0.3) is 0 Å². The number of rotatable bonds is 5. The Kier molecular flexibility index (Phi) is 5.26. The quantitative estimate of drug-likeness (QED) is 0.794. The van der Waals surface area contributed by atoms with E-state index in [0.29, 0.717) is 6.04 Å². The van der Waals surface area contributed by atoms with Gasteiger partial charge >= 0.3 is 0 Å². The molecule has 3 nitrogen and oxygen atoms in total. The number of ether oxygens (including phenoxy) is 1. The third-order valence-corrected chi connectivity index (χ3v) is 4.32. The summed E-state index contributed by atoms with van der Waals surface area (Å²) in [6.07, 6.45) is 5.56. The van der Waals surface area contributed by atoms with Crippen LogP contribution in [0.15, 0.2) is 0 Å². The molecule has 2 aliphatic rings. The minimum atomic E-state index is 0.616. The van der Waals surface area contributed by atoms with Crippen molar-refractivity contribution in [1.82, 2.24) is 10.2 Å². The number of nitrogens with one attached hydrogen (secondary N) is 1. The van der Waals surface area contributed by atoms with E-state index >= 15 is 0 Å². The summed E-state index contributed by atoms with van der Waals surface area (Å²) in [5, 5.41) is 3.84. The van der Waals surface area contributed by atoms with Crippen LogP contribution in [0, 0.1) is 5.92 Å². The summed E-state index contributed by atoms with van der Waals surface area (Å²) < 4.78 is 5.39. The summed E-state index contributed by atoms with van der Waals surface area (Å²) in [5.41, 5.74) is 0. The third-order valence-electron chi connectivity index (χ3n) is 4.32. The van der Waals surface area contributed by atoms with Crippen molar-refractivity contribution in [2.24, 2.45) is 5.92 Å². The van der Waals surface area contributed by atoms with E-state index in [1.807, 2.05) is 0 Å². The van der Waals surface area contributed by atoms with Gasteiger partial charge in [-0.25, -0.2) is 0 Å². The maximum Gasteiger partial charge on any atom is 0.0594 e. The topological polar surface area (TPSA) is 24.5 Å². The number of morpholine rings is 1. The minimum Gasteiger partial charge on any atom is -0.379 e. The van der Waals surface area contributed by atoms with E-state index in [9.17, 15) is 0 Å². The first kappa shape index (κ1) is 13.3. The Labute approximate surface area is 106 Å². The fraction of sp³-hybridized carbons (Fsp3) is 1.00. The predicted molar refractivity (Wildman–Crippen MR) is 71.3 cm³/mol. The lowest BCUT2D eigenvalue weighted by molar-refractivity contribution is 0.0335. The van der Waals surface area contributed by atoms with Gasteiger partial charge in [-0.3, -0.25) is 4.90 Å². The third kappa shape index (κ3) is 3.94. The van der Waals surface area contributed by atoms with Gasteiger partial charge in [-0.1, -0.05) is 19.8 Å². The lowest BCUT2D eigenvalue weighted by atomic mass is 10.00. The Hall–Kier alpha value is -0.120.